The van der Waals surface area contributed by atoms with Crippen LogP contribution in [0, 0.1) is 0 Å². The number of anilines is 1. The Morgan fingerprint density at radius 1 is 1.41 bits per heavy atom. The predicted octanol–water partition coefficient (Wildman–Crippen LogP) is 2.06. The van der Waals surface area contributed by atoms with E-state index in [1.807, 2.05) is 0 Å². The van der Waals surface area contributed by atoms with Crippen LogP contribution >= 0.6 is 15.9 Å². The normalized spacial score (nSPS) is 14.6. The van der Waals surface area contributed by atoms with Gasteiger partial charge < -0.3 is 24.8 Å². The number of alkyl halides is 3. The van der Waals surface area contributed by atoms with Gasteiger partial charge in [-0.3, -0.25) is 4.79 Å². The van der Waals surface area contributed by atoms with Crippen LogP contribution in [0.3, 0.4) is 0 Å². The predicted molar refractivity (Wildman–Crippen MR) is 92.0 cm³/mol. The van der Waals surface area contributed by atoms with Crippen molar-refractivity contribution in [3.8, 4) is 5.75 Å². The number of aliphatic hydroxyl groups is 1. The van der Waals surface area contributed by atoms with Gasteiger partial charge in [-0.1, -0.05) is 6.07 Å². The second-order valence-electron chi connectivity index (χ2n) is 5.44. The minimum Gasteiger partial charge on any atom is -0.482 e. The third-order valence-electron chi connectivity index (χ3n) is 3.57. The van der Waals surface area contributed by atoms with Crippen LogP contribution in [-0.4, -0.2) is 61.5 Å². The van der Waals surface area contributed by atoms with Gasteiger partial charge in [-0.05, 0) is 28.1 Å². The van der Waals surface area contributed by atoms with E-state index in [9.17, 15) is 22.8 Å². The quantitative estimate of drug-likeness (QED) is 0.615. The summed E-state index contributed by atoms with van der Waals surface area (Å²) in [6, 6.07) is 4.29. The molecule has 1 amide bonds. The van der Waals surface area contributed by atoms with Crippen molar-refractivity contribution >= 4 is 33.5 Å². The van der Waals surface area contributed by atoms with Gasteiger partial charge in [-0.25, -0.2) is 4.79 Å². The summed E-state index contributed by atoms with van der Waals surface area (Å²) in [5.41, 5.74) is -0.107. The van der Waals surface area contributed by atoms with E-state index in [2.05, 4.69) is 26.0 Å². The number of hydrogen-bond donors (Lipinski definition) is 2. The molecule has 0 radical (unpaired) electrons. The molecule has 2 N–H and O–H groups in total. The van der Waals surface area contributed by atoms with E-state index in [1.54, 1.807) is 0 Å². The van der Waals surface area contributed by atoms with Crippen LogP contribution in [-0.2, 0) is 14.3 Å². The number of carbonyl (C=O) groups is 2. The van der Waals surface area contributed by atoms with Crippen molar-refractivity contribution in [3.63, 3.8) is 0 Å². The lowest BCUT2D eigenvalue weighted by Gasteiger charge is -2.18. The van der Waals surface area contributed by atoms with Crippen LogP contribution in [0.25, 0.3) is 0 Å². The summed E-state index contributed by atoms with van der Waals surface area (Å²) in [6.07, 6.45) is -4.54. The second-order valence-corrected chi connectivity index (χ2v) is 6.29. The number of amides is 1. The summed E-state index contributed by atoms with van der Waals surface area (Å²) in [5, 5.41) is 11.7. The van der Waals surface area contributed by atoms with Crippen molar-refractivity contribution in [1.29, 1.82) is 0 Å². The van der Waals surface area contributed by atoms with Crippen molar-refractivity contribution in [1.82, 2.24) is 4.90 Å². The number of esters is 1. The highest BCUT2D eigenvalue weighted by atomic mass is 79.9. The number of rotatable bonds is 7. The third-order valence-corrected chi connectivity index (χ3v) is 4.23. The van der Waals surface area contributed by atoms with Crippen molar-refractivity contribution in [3.05, 3.63) is 33.9 Å². The van der Waals surface area contributed by atoms with Gasteiger partial charge in [-0.15, -0.1) is 0 Å². The highest BCUT2D eigenvalue weighted by molar-refractivity contribution is 9.10. The van der Waals surface area contributed by atoms with Crippen LogP contribution < -0.4 is 10.1 Å². The van der Waals surface area contributed by atoms with E-state index in [-0.39, 0.29) is 42.4 Å². The van der Waals surface area contributed by atoms with Gasteiger partial charge in [-0.2, -0.15) is 13.2 Å². The van der Waals surface area contributed by atoms with Gasteiger partial charge in [0.1, 0.15) is 11.4 Å². The molecule has 0 aromatic heterocycles. The number of aliphatic hydroxyl groups excluding tert-OH is 1. The standard InChI is InChI=1S/C16H16BrF3N2O5/c1-26-15(25)9-7-22(5-6-23)14(24)12(9)21-13-10(17)3-2-4-11(13)27-8-16(18,19)20/h2-4,21,23H,5-8H2,1H3. The molecular weight excluding hydrogens is 437 g/mol. The van der Waals surface area contributed by atoms with Crippen LogP contribution in [0.1, 0.15) is 0 Å². The first-order valence-electron chi connectivity index (χ1n) is 7.64. The average Bonchev–Trinajstić information content (AvgIpc) is 2.90. The molecular formula is C16H16BrF3N2O5. The van der Waals surface area contributed by atoms with Crippen LogP contribution in [0.2, 0.25) is 0 Å². The summed E-state index contributed by atoms with van der Waals surface area (Å²) >= 11 is 3.19. The molecule has 0 bridgehead atoms. The number of β-amino-alcohol motifs (C(OH)–C–C–N with tert-alkyl or cyclic N) is 1. The lowest BCUT2D eigenvalue weighted by atomic mass is 10.2. The first-order valence-corrected chi connectivity index (χ1v) is 8.44. The molecule has 0 saturated carbocycles. The maximum Gasteiger partial charge on any atom is 0.422 e. The zero-order valence-corrected chi connectivity index (χ0v) is 15.7. The molecule has 1 aromatic rings. The number of halogens is 4. The van der Waals surface area contributed by atoms with E-state index >= 15 is 0 Å². The molecule has 148 valence electrons. The number of hydrogen-bond acceptors (Lipinski definition) is 6. The number of para-hydroxylation sites is 1. The maximum absolute atomic E-state index is 12.5. The Hall–Kier alpha value is -2.27. The molecule has 1 aromatic carbocycles. The average molecular weight is 453 g/mol. The van der Waals surface area contributed by atoms with Crippen molar-refractivity contribution in [2.24, 2.45) is 0 Å². The summed E-state index contributed by atoms with van der Waals surface area (Å²) in [4.78, 5) is 25.7. The molecule has 2 rings (SSSR count). The third kappa shape index (κ3) is 5.13. The monoisotopic (exact) mass is 452 g/mol. The molecule has 0 unspecified atom stereocenters. The molecule has 0 fully saturated rings. The van der Waals surface area contributed by atoms with Crippen LogP contribution in [0.4, 0.5) is 18.9 Å². The first kappa shape index (κ1) is 21.0. The summed E-state index contributed by atoms with van der Waals surface area (Å²) in [7, 11) is 1.14. The number of methoxy groups -OCH3 is 1. The zero-order valence-electron chi connectivity index (χ0n) is 14.1. The number of nitrogens with one attached hydrogen (secondary N) is 1. The Balaban J connectivity index is 2.38. The Morgan fingerprint density at radius 2 is 2.11 bits per heavy atom. The van der Waals surface area contributed by atoms with Gasteiger partial charge >= 0.3 is 12.1 Å². The molecule has 1 heterocycles. The van der Waals surface area contributed by atoms with Gasteiger partial charge in [0.05, 0.1) is 31.5 Å². The zero-order chi connectivity index (χ0) is 20.2. The van der Waals surface area contributed by atoms with Crippen LogP contribution in [0.15, 0.2) is 33.9 Å². The Kier molecular flexibility index (Phi) is 6.71. The summed E-state index contributed by atoms with van der Waals surface area (Å²) in [5.74, 6) is -1.52. The van der Waals surface area contributed by atoms with E-state index in [1.165, 1.54) is 23.1 Å². The summed E-state index contributed by atoms with van der Waals surface area (Å²) in [6.45, 7) is -1.95. The minimum atomic E-state index is -4.54. The molecule has 0 aliphatic carbocycles. The molecule has 0 spiro atoms. The van der Waals surface area contributed by atoms with E-state index in [0.717, 1.165) is 7.11 Å². The SMILES string of the molecule is COC(=O)C1=C(Nc2c(Br)cccc2OCC(F)(F)F)C(=O)N(CCO)C1. The number of carbonyl (C=O) groups excluding carboxylic acids is 2. The Labute approximate surface area is 160 Å². The Morgan fingerprint density at radius 3 is 2.70 bits per heavy atom. The molecule has 1 aliphatic heterocycles. The molecule has 1 aliphatic rings. The lowest BCUT2D eigenvalue weighted by Crippen LogP contribution is -2.31. The molecule has 7 nitrogen and oxygen atoms in total. The fourth-order valence-electron chi connectivity index (χ4n) is 2.38. The van der Waals surface area contributed by atoms with E-state index in [0.29, 0.717) is 4.47 Å². The van der Waals surface area contributed by atoms with Crippen molar-refractivity contribution in [2.75, 3.05) is 38.7 Å². The minimum absolute atomic E-state index is 0.00604. The van der Waals surface area contributed by atoms with Crippen molar-refractivity contribution in [2.45, 2.75) is 6.18 Å². The first-order chi connectivity index (χ1) is 12.7. The molecule has 0 atom stereocenters. The number of nitrogens with zero attached hydrogens (tertiary/aromatic N) is 1. The number of benzene rings is 1. The fourth-order valence-corrected chi connectivity index (χ4v) is 2.83. The largest absolute Gasteiger partial charge is 0.482 e. The lowest BCUT2D eigenvalue weighted by molar-refractivity contribution is -0.153. The van der Waals surface area contributed by atoms with Crippen molar-refractivity contribution < 1.29 is 37.3 Å². The highest BCUT2D eigenvalue weighted by Crippen LogP contribution is 2.36. The van der Waals surface area contributed by atoms with Gasteiger partial charge in [0.2, 0.25) is 0 Å². The molecule has 0 saturated heterocycles. The molecule has 27 heavy (non-hydrogen) atoms. The van der Waals surface area contributed by atoms with E-state index < -0.39 is 24.7 Å². The van der Waals surface area contributed by atoms with Gasteiger partial charge in [0.15, 0.2) is 6.61 Å². The van der Waals surface area contributed by atoms with Crippen LogP contribution in [0.5, 0.6) is 5.75 Å². The maximum atomic E-state index is 12.5. The molecule has 11 heteroatoms. The highest BCUT2D eigenvalue weighted by Gasteiger charge is 2.35. The van der Waals surface area contributed by atoms with Gasteiger partial charge in [0.25, 0.3) is 5.91 Å². The Bertz CT molecular complexity index is 767. The van der Waals surface area contributed by atoms with E-state index in [4.69, 9.17) is 9.84 Å². The summed E-state index contributed by atoms with van der Waals surface area (Å²) < 4.78 is 47.2. The fraction of sp³-hybridized carbons (Fsp3) is 0.375. The topological polar surface area (TPSA) is 88.1 Å². The second kappa shape index (κ2) is 8.61. The number of ether oxygens (including phenoxy) is 2. The van der Waals surface area contributed by atoms with Gasteiger partial charge in [0, 0.05) is 11.0 Å². The smallest absolute Gasteiger partial charge is 0.422 e.